The van der Waals surface area contributed by atoms with Crippen LogP contribution in [0.5, 0.6) is 0 Å². The van der Waals surface area contributed by atoms with Crippen molar-refractivity contribution in [1.29, 1.82) is 5.26 Å². The van der Waals surface area contributed by atoms with E-state index in [1.165, 1.54) is 51.8 Å². The Bertz CT molecular complexity index is 1220. The Morgan fingerprint density at radius 3 is 2.31 bits per heavy atom. The summed E-state index contributed by atoms with van der Waals surface area (Å²) in [4.78, 5) is 13.3. The van der Waals surface area contributed by atoms with Gasteiger partial charge in [0.1, 0.15) is 0 Å². The molecule has 1 aliphatic carbocycles. The predicted octanol–water partition coefficient (Wildman–Crippen LogP) is 9.93. The number of nitriles is 1. The minimum absolute atomic E-state index is 0.250. The van der Waals surface area contributed by atoms with Crippen molar-refractivity contribution >= 4 is 11.4 Å². The summed E-state index contributed by atoms with van der Waals surface area (Å²) in [7, 11) is 1.74. The molecule has 3 rings (SSSR count). The third-order valence-corrected chi connectivity index (χ3v) is 8.44. The molecule has 1 unspecified atom stereocenters. The van der Waals surface area contributed by atoms with Gasteiger partial charge in [0.15, 0.2) is 5.78 Å². The first-order valence-electron chi connectivity index (χ1n) is 14.9. The van der Waals surface area contributed by atoms with Gasteiger partial charge in [-0.1, -0.05) is 51.0 Å². The number of carbonyl (C=O) groups excluding carboxylic acids is 1. The molecular weight excluding hydrogens is 478 g/mol. The van der Waals surface area contributed by atoms with E-state index in [1.807, 2.05) is 12.1 Å². The number of Topliss-reactive ketones (excluding diaryl/α,β-unsaturated/α-hetero) is 1. The summed E-state index contributed by atoms with van der Waals surface area (Å²) in [6.07, 6.45) is 9.29. The highest BCUT2D eigenvalue weighted by atomic mass is 16.5. The third kappa shape index (κ3) is 8.26. The van der Waals surface area contributed by atoms with Crippen LogP contribution in [0.1, 0.15) is 137 Å². The zero-order valence-electron chi connectivity index (χ0n) is 25.0. The molecule has 39 heavy (non-hydrogen) atoms. The monoisotopic (exact) mass is 525 g/mol. The van der Waals surface area contributed by atoms with E-state index >= 15 is 0 Å². The fraction of sp³-hybridized carbons (Fsp3) is 0.500. The molecule has 1 saturated carbocycles. The molecule has 1 aliphatic rings. The molecule has 0 aliphatic heterocycles. The molecule has 3 nitrogen and oxygen atoms in total. The number of nitrogens with zero attached hydrogens (tertiary/aromatic N) is 1. The van der Waals surface area contributed by atoms with Crippen molar-refractivity contribution in [3.05, 3.63) is 87.0 Å². The molecular formula is C36H47NO2. The molecule has 0 saturated heterocycles. The van der Waals surface area contributed by atoms with E-state index in [1.54, 1.807) is 7.11 Å². The van der Waals surface area contributed by atoms with Crippen molar-refractivity contribution in [2.24, 2.45) is 0 Å². The van der Waals surface area contributed by atoms with Crippen LogP contribution < -0.4 is 0 Å². The SMILES string of the molecule is CCCC(CCCCC(=O)c1ccc(C2CC2)c(/C(CC)=C(C)/C(C)=C(\C)COC)c1)c1ccc(C#N)cc1. The van der Waals surface area contributed by atoms with Gasteiger partial charge in [-0.25, -0.2) is 0 Å². The van der Waals surface area contributed by atoms with Crippen LogP contribution >= 0.6 is 0 Å². The van der Waals surface area contributed by atoms with Gasteiger partial charge in [-0.05, 0) is 128 Å². The second-order valence-corrected chi connectivity index (χ2v) is 11.3. The number of carbonyl (C=O) groups is 1. The summed E-state index contributed by atoms with van der Waals surface area (Å²) < 4.78 is 5.39. The van der Waals surface area contributed by atoms with E-state index in [0.717, 1.165) is 44.1 Å². The first kappa shape index (κ1) is 30.6. The van der Waals surface area contributed by atoms with E-state index in [-0.39, 0.29) is 5.78 Å². The van der Waals surface area contributed by atoms with E-state index < -0.39 is 0 Å². The van der Waals surface area contributed by atoms with E-state index in [2.05, 4.69) is 71.0 Å². The lowest BCUT2D eigenvalue weighted by Crippen LogP contribution is -2.04. The fourth-order valence-corrected chi connectivity index (χ4v) is 5.75. The fourth-order valence-electron chi connectivity index (χ4n) is 5.75. The van der Waals surface area contributed by atoms with Crippen LogP contribution in [0.3, 0.4) is 0 Å². The molecule has 0 radical (unpaired) electrons. The smallest absolute Gasteiger partial charge is 0.162 e. The molecule has 208 valence electrons. The van der Waals surface area contributed by atoms with Gasteiger partial charge >= 0.3 is 0 Å². The first-order chi connectivity index (χ1) is 18.8. The van der Waals surface area contributed by atoms with Crippen molar-refractivity contribution in [3.63, 3.8) is 0 Å². The van der Waals surface area contributed by atoms with Crippen molar-refractivity contribution in [2.75, 3.05) is 13.7 Å². The highest BCUT2D eigenvalue weighted by Crippen LogP contribution is 2.45. The van der Waals surface area contributed by atoms with Crippen LogP contribution in [0, 0.1) is 11.3 Å². The number of benzene rings is 2. The molecule has 0 amide bonds. The Labute approximate surface area is 237 Å². The number of hydrogen-bond donors (Lipinski definition) is 0. The first-order valence-corrected chi connectivity index (χ1v) is 14.9. The number of ketones is 1. The Balaban J connectivity index is 1.73. The summed E-state index contributed by atoms with van der Waals surface area (Å²) in [5, 5.41) is 9.10. The highest BCUT2D eigenvalue weighted by molar-refractivity contribution is 5.97. The Kier molecular flexibility index (Phi) is 11.8. The molecule has 3 heteroatoms. The van der Waals surface area contributed by atoms with Crippen LogP contribution in [-0.2, 0) is 4.74 Å². The van der Waals surface area contributed by atoms with Crippen LogP contribution in [0.25, 0.3) is 5.57 Å². The molecule has 0 heterocycles. The molecule has 1 fully saturated rings. The Morgan fingerprint density at radius 1 is 1.00 bits per heavy atom. The quantitative estimate of drug-likeness (QED) is 0.132. The van der Waals surface area contributed by atoms with Crippen molar-refractivity contribution in [3.8, 4) is 6.07 Å². The number of unbranched alkanes of at least 4 members (excludes halogenated alkanes) is 1. The number of methoxy groups -OCH3 is 1. The maximum atomic E-state index is 13.3. The summed E-state index contributed by atoms with van der Waals surface area (Å²) in [6, 6.07) is 16.7. The van der Waals surface area contributed by atoms with Crippen molar-refractivity contribution < 1.29 is 9.53 Å². The maximum Gasteiger partial charge on any atom is 0.162 e. The second kappa shape index (κ2) is 15.0. The molecule has 0 bridgehead atoms. The Hall–Kier alpha value is -2.96. The lowest BCUT2D eigenvalue weighted by atomic mass is 9.86. The number of rotatable bonds is 15. The third-order valence-electron chi connectivity index (χ3n) is 8.44. The number of allylic oxidation sites excluding steroid dienone is 3. The van der Waals surface area contributed by atoms with Gasteiger partial charge in [-0.15, -0.1) is 0 Å². The van der Waals surface area contributed by atoms with Crippen LogP contribution in [0.4, 0.5) is 0 Å². The predicted molar refractivity (Wildman–Crippen MR) is 163 cm³/mol. The van der Waals surface area contributed by atoms with Gasteiger partial charge in [-0.2, -0.15) is 5.26 Å². The van der Waals surface area contributed by atoms with Crippen molar-refractivity contribution in [2.45, 2.75) is 104 Å². The minimum atomic E-state index is 0.250. The lowest BCUT2D eigenvalue weighted by molar-refractivity contribution is 0.0979. The molecule has 2 aromatic carbocycles. The topological polar surface area (TPSA) is 50.1 Å². The minimum Gasteiger partial charge on any atom is -0.380 e. The normalized spacial score (nSPS) is 15.3. The highest BCUT2D eigenvalue weighted by Gasteiger charge is 2.28. The maximum absolute atomic E-state index is 13.3. The van der Waals surface area contributed by atoms with Gasteiger partial charge in [-0.3, -0.25) is 4.79 Å². The molecule has 0 spiro atoms. The summed E-state index contributed by atoms with van der Waals surface area (Å²) >= 11 is 0. The zero-order valence-corrected chi connectivity index (χ0v) is 25.0. The number of ether oxygens (including phenoxy) is 1. The van der Waals surface area contributed by atoms with Gasteiger partial charge < -0.3 is 4.74 Å². The summed E-state index contributed by atoms with van der Waals surface area (Å²) in [5.41, 5.74) is 10.7. The second-order valence-electron chi connectivity index (χ2n) is 11.3. The zero-order chi connectivity index (χ0) is 28.4. The van der Waals surface area contributed by atoms with E-state index in [9.17, 15) is 4.79 Å². The van der Waals surface area contributed by atoms with E-state index in [4.69, 9.17) is 10.00 Å². The largest absolute Gasteiger partial charge is 0.380 e. The lowest BCUT2D eigenvalue weighted by Gasteiger charge is -2.19. The summed E-state index contributed by atoms with van der Waals surface area (Å²) in [6.45, 7) is 11.6. The van der Waals surface area contributed by atoms with Gasteiger partial charge in [0.25, 0.3) is 0 Å². The molecule has 1 atom stereocenters. The van der Waals surface area contributed by atoms with Crippen LogP contribution in [-0.4, -0.2) is 19.5 Å². The summed E-state index contributed by atoms with van der Waals surface area (Å²) in [5.74, 6) is 1.36. The van der Waals surface area contributed by atoms with Gasteiger partial charge in [0.2, 0.25) is 0 Å². The molecule has 2 aromatic rings. The van der Waals surface area contributed by atoms with Gasteiger partial charge in [0.05, 0.1) is 18.2 Å². The average Bonchev–Trinajstić information content (AvgIpc) is 3.80. The van der Waals surface area contributed by atoms with Gasteiger partial charge in [0, 0.05) is 19.1 Å². The molecule has 0 N–H and O–H groups in total. The average molecular weight is 526 g/mol. The Morgan fingerprint density at radius 2 is 1.72 bits per heavy atom. The standard InChI is InChI=1S/C36H47NO2/c1-7-11-29(30-16-14-28(23-37)15-17-30)12-9-10-13-36(38)32-20-21-34(31-18-19-31)35(22-32)33(8-2)27(5)26(4)25(3)24-39-6/h14-17,20-22,29,31H,7-13,18-19,24H2,1-6H3/b26-25+,33-27+. The van der Waals surface area contributed by atoms with Crippen LogP contribution in [0.15, 0.2) is 59.2 Å². The van der Waals surface area contributed by atoms with E-state index in [0.29, 0.717) is 30.4 Å². The van der Waals surface area contributed by atoms with Crippen LogP contribution in [0.2, 0.25) is 0 Å². The number of hydrogen-bond acceptors (Lipinski definition) is 3. The molecule has 0 aromatic heterocycles. The van der Waals surface area contributed by atoms with Crippen molar-refractivity contribution in [1.82, 2.24) is 0 Å².